The van der Waals surface area contributed by atoms with Gasteiger partial charge in [-0.25, -0.2) is 0 Å². The third-order valence-corrected chi connectivity index (χ3v) is 4.29. The Morgan fingerprint density at radius 1 is 1.44 bits per heavy atom. The number of carbonyl (C=O) groups is 1. The second kappa shape index (κ2) is 7.41. The smallest absolute Gasteiger partial charge is 0.308 e. The van der Waals surface area contributed by atoms with Gasteiger partial charge in [-0.2, -0.15) is 5.26 Å². The molecule has 0 saturated heterocycles. The largest absolute Gasteiger partial charge is 0.493 e. The molecule has 0 bridgehead atoms. The van der Waals surface area contributed by atoms with E-state index in [1.807, 2.05) is 0 Å². The lowest BCUT2D eigenvalue weighted by atomic mass is 9.83. The molecule has 0 unspecified atom stereocenters. The van der Waals surface area contributed by atoms with Crippen LogP contribution in [0.5, 0.6) is 17.4 Å². The molecule has 2 heterocycles. The van der Waals surface area contributed by atoms with Gasteiger partial charge in [0.25, 0.3) is 0 Å². The molecule has 1 aliphatic heterocycles. The molecule has 1 atom stereocenters. The predicted molar refractivity (Wildman–Crippen MR) is 96.2 cm³/mol. The summed E-state index contributed by atoms with van der Waals surface area (Å²) in [6.07, 6.45) is 1.65. The van der Waals surface area contributed by atoms with Crippen LogP contribution in [-0.2, 0) is 11.2 Å². The molecule has 3 N–H and O–H groups in total. The number of allylic oxidation sites excluding steroid dienone is 1. The van der Waals surface area contributed by atoms with Crippen LogP contribution in [0.4, 0.5) is 0 Å². The first kappa shape index (κ1) is 18.3. The van der Waals surface area contributed by atoms with Crippen LogP contribution < -0.4 is 19.9 Å². The molecular formula is C19H20N4O4. The molecule has 2 aromatic rings. The highest BCUT2D eigenvalue weighted by atomic mass is 16.6. The minimum Gasteiger partial charge on any atom is -0.493 e. The van der Waals surface area contributed by atoms with Gasteiger partial charge in [-0.1, -0.05) is 19.4 Å². The highest BCUT2D eigenvalue weighted by molar-refractivity contribution is 5.70. The Labute approximate surface area is 156 Å². The SMILES string of the molecule is CCCc1[nH]nc2c1[C@@H](c1ccc(OC(C)=O)c(OC)c1)C(C#N)=C(N)O2. The zero-order chi connectivity index (χ0) is 19.6. The van der Waals surface area contributed by atoms with Crippen LogP contribution in [0.2, 0.25) is 0 Å². The predicted octanol–water partition coefficient (Wildman–Crippen LogP) is 2.51. The van der Waals surface area contributed by atoms with Gasteiger partial charge >= 0.3 is 5.97 Å². The number of H-pyrrole nitrogens is 1. The van der Waals surface area contributed by atoms with E-state index in [1.54, 1.807) is 18.2 Å². The molecule has 0 radical (unpaired) electrons. The summed E-state index contributed by atoms with van der Waals surface area (Å²) < 4.78 is 16.1. The summed E-state index contributed by atoms with van der Waals surface area (Å²) in [5.41, 5.74) is 8.68. The Morgan fingerprint density at radius 3 is 2.85 bits per heavy atom. The molecule has 8 heteroatoms. The number of hydrogen-bond acceptors (Lipinski definition) is 7. The maximum Gasteiger partial charge on any atom is 0.308 e. The Balaban J connectivity index is 2.16. The second-order valence-corrected chi connectivity index (χ2v) is 6.10. The number of nitrogens with one attached hydrogen (secondary N) is 1. The number of carbonyl (C=O) groups excluding carboxylic acids is 1. The molecular weight excluding hydrogens is 348 g/mol. The Hall–Kier alpha value is -3.47. The van der Waals surface area contributed by atoms with Crippen molar-refractivity contribution in [3.63, 3.8) is 0 Å². The summed E-state index contributed by atoms with van der Waals surface area (Å²) in [4.78, 5) is 11.3. The highest BCUT2D eigenvalue weighted by Crippen LogP contribution is 2.44. The van der Waals surface area contributed by atoms with Crippen LogP contribution in [0.1, 0.15) is 43.0 Å². The van der Waals surface area contributed by atoms with Crippen molar-refractivity contribution in [3.8, 4) is 23.4 Å². The van der Waals surface area contributed by atoms with E-state index in [-0.39, 0.29) is 5.88 Å². The molecule has 8 nitrogen and oxygen atoms in total. The molecule has 1 aromatic heterocycles. The maximum atomic E-state index is 11.3. The van der Waals surface area contributed by atoms with E-state index < -0.39 is 11.9 Å². The third-order valence-electron chi connectivity index (χ3n) is 4.29. The van der Waals surface area contributed by atoms with E-state index in [9.17, 15) is 10.1 Å². The van der Waals surface area contributed by atoms with Gasteiger partial charge in [0.05, 0.1) is 13.0 Å². The number of aromatic nitrogens is 2. The summed E-state index contributed by atoms with van der Waals surface area (Å²) in [7, 11) is 1.48. The minimum absolute atomic E-state index is 0.0209. The van der Waals surface area contributed by atoms with E-state index >= 15 is 0 Å². The van der Waals surface area contributed by atoms with Crippen LogP contribution >= 0.6 is 0 Å². The molecule has 27 heavy (non-hydrogen) atoms. The normalized spacial score (nSPS) is 15.6. The lowest BCUT2D eigenvalue weighted by Crippen LogP contribution is -2.21. The van der Waals surface area contributed by atoms with Crippen LogP contribution in [0, 0.1) is 11.3 Å². The quantitative estimate of drug-likeness (QED) is 0.614. The number of aromatic amines is 1. The fourth-order valence-electron chi connectivity index (χ4n) is 3.19. The number of fused-ring (bicyclic) bond motifs is 1. The number of nitrogens with zero attached hydrogens (tertiary/aromatic N) is 2. The number of esters is 1. The molecule has 1 aromatic carbocycles. The summed E-state index contributed by atoms with van der Waals surface area (Å²) in [5.74, 6) is 0.163. The number of ether oxygens (including phenoxy) is 3. The summed E-state index contributed by atoms with van der Waals surface area (Å²) in [6.45, 7) is 3.37. The number of benzene rings is 1. The van der Waals surface area contributed by atoms with Crippen molar-refractivity contribution in [2.24, 2.45) is 5.73 Å². The van der Waals surface area contributed by atoms with Crippen LogP contribution in [0.15, 0.2) is 29.7 Å². The van der Waals surface area contributed by atoms with Crippen molar-refractivity contribution in [1.29, 1.82) is 5.26 Å². The summed E-state index contributed by atoms with van der Waals surface area (Å²) >= 11 is 0. The molecule has 1 aliphatic rings. The molecule has 0 aliphatic carbocycles. The maximum absolute atomic E-state index is 11.3. The minimum atomic E-state index is -0.459. The first-order chi connectivity index (χ1) is 13.0. The number of nitriles is 1. The average molecular weight is 368 g/mol. The molecule has 0 fully saturated rings. The van der Waals surface area contributed by atoms with Crippen molar-refractivity contribution in [1.82, 2.24) is 10.2 Å². The van der Waals surface area contributed by atoms with Gasteiger partial charge < -0.3 is 19.9 Å². The van der Waals surface area contributed by atoms with E-state index in [1.165, 1.54) is 14.0 Å². The van der Waals surface area contributed by atoms with Gasteiger partial charge in [0.1, 0.15) is 11.6 Å². The molecule has 0 spiro atoms. The van der Waals surface area contributed by atoms with Gasteiger partial charge in [0.15, 0.2) is 11.5 Å². The monoisotopic (exact) mass is 368 g/mol. The fourth-order valence-corrected chi connectivity index (χ4v) is 3.19. The average Bonchev–Trinajstić information content (AvgIpc) is 3.03. The summed E-state index contributed by atoms with van der Waals surface area (Å²) in [5, 5.41) is 16.9. The van der Waals surface area contributed by atoms with E-state index in [0.717, 1.165) is 29.7 Å². The lowest BCUT2D eigenvalue weighted by molar-refractivity contribution is -0.132. The van der Waals surface area contributed by atoms with Gasteiger partial charge in [-0.05, 0) is 24.1 Å². The van der Waals surface area contributed by atoms with E-state index in [0.29, 0.717) is 23.0 Å². The molecule has 0 saturated carbocycles. The Morgan fingerprint density at radius 2 is 2.22 bits per heavy atom. The Bertz CT molecular complexity index is 955. The fraction of sp³-hybridized carbons (Fsp3) is 0.316. The van der Waals surface area contributed by atoms with Crippen molar-refractivity contribution in [3.05, 3.63) is 46.5 Å². The van der Waals surface area contributed by atoms with Crippen LogP contribution in [-0.4, -0.2) is 23.3 Å². The van der Waals surface area contributed by atoms with Crippen molar-refractivity contribution in [2.75, 3.05) is 7.11 Å². The number of nitrogens with two attached hydrogens (primary N) is 1. The van der Waals surface area contributed by atoms with Gasteiger partial charge in [0.2, 0.25) is 11.8 Å². The number of rotatable bonds is 5. The van der Waals surface area contributed by atoms with Gasteiger partial charge in [0, 0.05) is 18.2 Å². The van der Waals surface area contributed by atoms with Crippen LogP contribution in [0.3, 0.4) is 0 Å². The zero-order valence-electron chi connectivity index (χ0n) is 15.3. The topological polar surface area (TPSA) is 123 Å². The summed E-state index contributed by atoms with van der Waals surface area (Å²) in [6, 6.07) is 7.28. The van der Waals surface area contributed by atoms with Crippen LogP contribution in [0.25, 0.3) is 0 Å². The van der Waals surface area contributed by atoms with Crippen molar-refractivity contribution < 1.29 is 19.0 Å². The molecule has 140 valence electrons. The Kier molecular flexibility index (Phi) is 5.03. The third kappa shape index (κ3) is 3.31. The standard InChI is InChI=1S/C19H20N4O4/c1-4-5-13-17-16(12(9-20)18(21)27-19(17)23-22-13)11-6-7-14(26-10(2)24)15(8-11)25-3/h6-8,16H,4-5,21H2,1-3H3,(H,22,23)/t16-/m0/s1. The van der Waals surface area contributed by atoms with Gasteiger partial charge in [-0.3, -0.25) is 9.89 Å². The lowest BCUT2D eigenvalue weighted by Gasteiger charge is -2.24. The van der Waals surface area contributed by atoms with Crippen molar-refractivity contribution >= 4 is 5.97 Å². The molecule has 0 amide bonds. The van der Waals surface area contributed by atoms with Crippen molar-refractivity contribution in [2.45, 2.75) is 32.6 Å². The number of aryl methyl sites for hydroxylation is 1. The second-order valence-electron chi connectivity index (χ2n) is 6.10. The number of hydrogen-bond donors (Lipinski definition) is 2. The zero-order valence-corrected chi connectivity index (χ0v) is 15.3. The van der Waals surface area contributed by atoms with Gasteiger partial charge in [-0.15, -0.1) is 5.10 Å². The van der Waals surface area contributed by atoms with E-state index in [2.05, 4.69) is 23.2 Å². The molecule has 3 rings (SSSR count). The first-order valence-electron chi connectivity index (χ1n) is 8.51. The number of methoxy groups -OCH3 is 1. The van der Waals surface area contributed by atoms with E-state index in [4.69, 9.17) is 19.9 Å². The first-order valence-corrected chi connectivity index (χ1v) is 8.51. The highest BCUT2D eigenvalue weighted by Gasteiger charge is 2.35.